The Morgan fingerprint density at radius 1 is 1.35 bits per heavy atom. The molecule has 1 atom stereocenters. The predicted octanol–water partition coefficient (Wildman–Crippen LogP) is 2.61. The lowest BCUT2D eigenvalue weighted by Crippen LogP contribution is -2.32. The minimum absolute atomic E-state index is 0.233. The Kier molecular flexibility index (Phi) is 7.93. The van der Waals surface area contributed by atoms with Crippen molar-refractivity contribution in [1.82, 2.24) is 4.90 Å². The van der Waals surface area contributed by atoms with Crippen LogP contribution in [-0.4, -0.2) is 42.1 Å². The van der Waals surface area contributed by atoms with Crippen molar-refractivity contribution in [3.63, 3.8) is 0 Å². The Morgan fingerprint density at radius 3 is 2.82 bits per heavy atom. The second-order valence-electron chi connectivity index (χ2n) is 4.58. The maximum absolute atomic E-state index is 8.93. The fraction of sp³-hybridized carbons (Fsp3) is 0.786. The topological polar surface area (TPSA) is 35.8 Å². The molecule has 0 saturated carbocycles. The fourth-order valence-corrected chi connectivity index (χ4v) is 2.09. The van der Waals surface area contributed by atoms with Gasteiger partial charge in [0.25, 0.3) is 0 Å². The van der Waals surface area contributed by atoms with Gasteiger partial charge in [-0.15, -0.1) is 0 Å². The molecule has 0 aromatic heterocycles. The largest absolute Gasteiger partial charge is 0.395 e. The van der Waals surface area contributed by atoms with Gasteiger partial charge in [-0.3, -0.25) is 9.89 Å². The van der Waals surface area contributed by atoms with Gasteiger partial charge in [0.05, 0.1) is 6.61 Å². The van der Waals surface area contributed by atoms with Gasteiger partial charge in [-0.2, -0.15) is 0 Å². The summed E-state index contributed by atoms with van der Waals surface area (Å²) < 4.78 is 0. The number of aliphatic hydroxyl groups excluding tert-OH is 1. The van der Waals surface area contributed by atoms with E-state index in [9.17, 15) is 0 Å². The second kappa shape index (κ2) is 9.37. The van der Waals surface area contributed by atoms with Crippen molar-refractivity contribution in [3.8, 4) is 0 Å². The van der Waals surface area contributed by atoms with E-state index in [2.05, 4.69) is 29.0 Å². The van der Waals surface area contributed by atoms with E-state index in [0.29, 0.717) is 6.17 Å². The number of aliphatic imine (C=N–C) groups is 1. The van der Waals surface area contributed by atoms with Gasteiger partial charge in [0.2, 0.25) is 0 Å². The molecule has 98 valence electrons. The van der Waals surface area contributed by atoms with Gasteiger partial charge >= 0.3 is 0 Å². The van der Waals surface area contributed by atoms with Crippen LogP contribution >= 0.6 is 0 Å². The summed E-state index contributed by atoms with van der Waals surface area (Å²) in [5.74, 6) is 0. The van der Waals surface area contributed by atoms with Crippen molar-refractivity contribution in [2.45, 2.75) is 51.6 Å². The highest BCUT2D eigenvalue weighted by molar-refractivity contribution is 5.62. The van der Waals surface area contributed by atoms with E-state index in [4.69, 9.17) is 5.11 Å². The Morgan fingerprint density at radius 2 is 2.12 bits per heavy atom. The van der Waals surface area contributed by atoms with Crippen LogP contribution in [0.1, 0.15) is 45.4 Å². The normalized spacial score (nSPS) is 20.7. The Labute approximate surface area is 105 Å². The molecule has 3 nitrogen and oxygen atoms in total. The van der Waals surface area contributed by atoms with E-state index >= 15 is 0 Å². The van der Waals surface area contributed by atoms with E-state index in [1.165, 1.54) is 25.7 Å². The lowest BCUT2D eigenvalue weighted by Gasteiger charge is -2.21. The Bertz CT molecular complexity index is 238. The van der Waals surface area contributed by atoms with Crippen LogP contribution in [0.3, 0.4) is 0 Å². The minimum Gasteiger partial charge on any atom is -0.395 e. The zero-order valence-corrected chi connectivity index (χ0v) is 11.0. The molecule has 0 saturated heterocycles. The average Bonchev–Trinajstić information content (AvgIpc) is 2.76. The molecule has 1 heterocycles. The van der Waals surface area contributed by atoms with Gasteiger partial charge in [0.15, 0.2) is 0 Å². The summed E-state index contributed by atoms with van der Waals surface area (Å²) in [6.07, 6.45) is 14.1. The standard InChI is InChI=1S/C14H26N2O/c1-2-3-4-5-6-7-8-9-14-15-10-11-16(14)12-13-17/h5-6,10,14,17H,2-4,7-9,11-13H2,1H3/b6-5+. The highest BCUT2D eigenvalue weighted by atomic mass is 16.3. The molecule has 1 aliphatic heterocycles. The van der Waals surface area contributed by atoms with Crippen LogP contribution in [0.25, 0.3) is 0 Å². The van der Waals surface area contributed by atoms with E-state index < -0.39 is 0 Å². The number of β-amino-alcohol motifs (C(OH)–C–C–N with tert-alkyl or cyclic N) is 1. The van der Waals surface area contributed by atoms with Gasteiger partial charge in [-0.1, -0.05) is 31.9 Å². The van der Waals surface area contributed by atoms with Crippen LogP contribution in [0.2, 0.25) is 0 Å². The number of allylic oxidation sites excluding steroid dienone is 2. The molecule has 0 aromatic rings. The van der Waals surface area contributed by atoms with Crippen molar-refractivity contribution >= 4 is 6.21 Å². The number of nitrogens with zero attached hydrogens (tertiary/aromatic N) is 2. The third-order valence-electron chi connectivity index (χ3n) is 3.13. The fourth-order valence-electron chi connectivity index (χ4n) is 2.09. The van der Waals surface area contributed by atoms with Gasteiger partial charge in [0, 0.05) is 19.3 Å². The molecular weight excluding hydrogens is 212 g/mol. The molecule has 0 fully saturated rings. The molecular formula is C14H26N2O. The first-order valence-corrected chi connectivity index (χ1v) is 6.90. The van der Waals surface area contributed by atoms with Crippen LogP contribution in [-0.2, 0) is 0 Å². The SMILES string of the molecule is CCCC/C=C/CCCC1N=CCN1CCO. The zero-order valence-electron chi connectivity index (χ0n) is 11.0. The van der Waals surface area contributed by atoms with Crippen molar-refractivity contribution in [3.05, 3.63) is 12.2 Å². The number of aliphatic hydroxyl groups is 1. The molecule has 1 rings (SSSR count). The maximum Gasteiger partial charge on any atom is 0.102 e. The molecule has 0 aliphatic carbocycles. The number of hydrogen-bond acceptors (Lipinski definition) is 3. The summed E-state index contributed by atoms with van der Waals surface area (Å²) in [5, 5.41) is 8.93. The Hall–Kier alpha value is -0.670. The molecule has 0 radical (unpaired) electrons. The average molecular weight is 238 g/mol. The lowest BCUT2D eigenvalue weighted by molar-refractivity contribution is 0.177. The smallest absolute Gasteiger partial charge is 0.102 e. The molecule has 1 N–H and O–H groups in total. The third-order valence-corrected chi connectivity index (χ3v) is 3.13. The van der Waals surface area contributed by atoms with Crippen LogP contribution in [0, 0.1) is 0 Å². The summed E-state index contributed by atoms with van der Waals surface area (Å²) in [7, 11) is 0. The van der Waals surface area contributed by atoms with Crippen molar-refractivity contribution < 1.29 is 5.11 Å². The lowest BCUT2D eigenvalue weighted by atomic mass is 10.1. The van der Waals surface area contributed by atoms with E-state index in [1.807, 2.05) is 6.21 Å². The first-order chi connectivity index (χ1) is 8.38. The molecule has 0 bridgehead atoms. The summed E-state index contributed by atoms with van der Waals surface area (Å²) in [5.41, 5.74) is 0. The van der Waals surface area contributed by atoms with Crippen molar-refractivity contribution in [2.24, 2.45) is 4.99 Å². The zero-order chi connectivity index (χ0) is 12.3. The van der Waals surface area contributed by atoms with Crippen LogP contribution < -0.4 is 0 Å². The summed E-state index contributed by atoms with van der Waals surface area (Å²) >= 11 is 0. The summed E-state index contributed by atoms with van der Waals surface area (Å²) in [6, 6.07) is 0. The first kappa shape index (κ1) is 14.4. The number of hydrogen-bond donors (Lipinski definition) is 1. The molecule has 1 unspecified atom stereocenters. The van der Waals surface area contributed by atoms with Crippen molar-refractivity contribution in [2.75, 3.05) is 19.7 Å². The third kappa shape index (κ3) is 5.99. The molecule has 0 amide bonds. The van der Waals surface area contributed by atoms with Gasteiger partial charge in [-0.25, -0.2) is 0 Å². The highest BCUT2D eigenvalue weighted by Gasteiger charge is 2.19. The summed E-state index contributed by atoms with van der Waals surface area (Å²) in [6.45, 7) is 4.10. The maximum atomic E-state index is 8.93. The Balaban J connectivity index is 2.05. The summed E-state index contributed by atoms with van der Waals surface area (Å²) in [4.78, 5) is 6.69. The quantitative estimate of drug-likeness (QED) is 0.495. The number of rotatable bonds is 9. The van der Waals surface area contributed by atoms with Crippen LogP contribution in [0.5, 0.6) is 0 Å². The van der Waals surface area contributed by atoms with E-state index in [1.54, 1.807) is 0 Å². The minimum atomic E-state index is 0.233. The molecule has 0 aromatic carbocycles. The van der Waals surface area contributed by atoms with Crippen molar-refractivity contribution in [1.29, 1.82) is 0 Å². The van der Waals surface area contributed by atoms with Gasteiger partial charge in [-0.05, 0) is 25.7 Å². The predicted molar refractivity (Wildman–Crippen MR) is 73.5 cm³/mol. The molecule has 17 heavy (non-hydrogen) atoms. The van der Waals surface area contributed by atoms with Crippen LogP contribution in [0.15, 0.2) is 17.1 Å². The van der Waals surface area contributed by atoms with Gasteiger partial charge < -0.3 is 5.11 Å². The van der Waals surface area contributed by atoms with Crippen LogP contribution in [0.4, 0.5) is 0 Å². The van der Waals surface area contributed by atoms with Gasteiger partial charge in [0.1, 0.15) is 6.17 Å². The van der Waals surface area contributed by atoms with E-state index in [-0.39, 0.29) is 6.61 Å². The monoisotopic (exact) mass is 238 g/mol. The first-order valence-electron chi connectivity index (χ1n) is 6.90. The highest BCUT2D eigenvalue weighted by Crippen LogP contribution is 2.13. The molecule has 3 heteroatoms. The van der Waals surface area contributed by atoms with E-state index in [0.717, 1.165) is 25.9 Å². The molecule has 1 aliphatic rings. The molecule has 0 spiro atoms. The number of unbranched alkanes of at least 4 members (excludes halogenated alkanes) is 3. The second-order valence-corrected chi connectivity index (χ2v) is 4.58.